The first-order valence-electron chi connectivity index (χ1n) is 6.85. The molecular formula is C16H15FN2O4. The van der Waals surface area contributed by atoms with Crippen molar-refractivity contribution in [2.75, 3.05) is 5.32 Å². The number of anilines is 1. The van der Waals surface area contributed by atoms with Crippen molar-refractivity contribution in [3.05, 3.63) is 64.0 Å². The zero-order chi connectivity index (χ0) is 17.0. The minimum Gasteiger partial charge on any atom is -0.481 e. The van der Waals surface area contributed by atoms with Gasteiger partial charge in [-0.3, -0.25) is 14.9 Å². The molecule has 0 unspecified atom stereocenters. The molecule has 120 valence electrons. The second kappa shape index (κ2) is 6.87. The van der Waals surface area contributed by atoms with Crippen LogP contribution in [0.2, 0.25) is 0 Å². The fraction of sp³-hybridized carbons (Fsp3) is 0.188. The molecule has 2 aromatic rings. The van der Waals surface area contributed by atoms with Crippen molar-refractivity contribution in [1.29, 1.82) is 0 Å². The summed E-state index contributed by atoms with van der Waals surface area (Å²) in [6, 6.07) is 9.89. The molecule has 23 heavy (non-hydrogen) atoms. The number of hydrogen-bond donors (Lipinski definition) is 1. The molecule has 2 rings (SSSR count). The maximum atomic E-state index is 13.5. The molecule has 1 N–H and O–H groups in total. The summed E-state index contributed by atoms with van der Waals surface area (Å²) < 4.78 is 18.8. The Hall–Kier alpha value is -2.96. The molecule has 0 spiro atoms. The van der Waals surface area contributed by atoms with E-state index in [1.54, 1.807) is 19.1 Å². The fourth-order valence-electron chi connectivity index (χ4n) is 1.84. The summed E-state index contributed by atoms with van der Waals surface area (Å²) in [5.74, 6) is -0.702. The molecule has 0 fully saturated rings. The maximum Gasteiger partial charge on any atom is 0.273 e. The predicted molar refractivity (Wildman–Crippen MR) is 83.0 cm³/mol. The lowest BCUT2D eigenvalue weighted by Crippen LogP contribution is -2.30. The van der Waals surface area contributed by atoms with E-state index >= 15 is 0 Å². The summed E-state index contributed by atoms with van der Waals surface area (Å²) in [4.78, 5) is 22.2. The third-order valence-electron chi connectivity index (χ3n) is 3.15. The van der Waals surface area contributed by atoms with Gasteiger partial charge in [-0.15, -0.1) is 0 Å². The zero-order valence-electron chi connectivity index (χ0n) is 12.6. The van der Waals surface area contributed by atoms with Gasteiger partial charge in [-0.05, 0) is 37.6 Å². The topological polar surface area (TPSA) is 81.5 Å². The predicted octanol–water partition coefficient (Wildman–Crippen LogP) is 3.45. The second-order valence-electron chi connectivity index (χ2n) is 4.97. The number of nitrogens with zero attached hydrogens (tertiary/aromatic N) is 1. The highest BCUT2D eigenvalue weighted by atomic mass is 19.1. The quantitative estimate of drug-likeness (QED) is 0.676. The van der Waals surface area contributed by atoms with Gasteiger partial charge in [0.05, 0.1) is 11.0 Å². The molecule has 1 atom stereocenters. The molecule has 0 saturated heterocycles. The third kappa shape index (κ3) is 4.26. The first kappa shape index (κ1) is 16.4. The summed E-state index contributed by atoms with van der Waals surface area (Å²) in [7, 11) is 0. The number of amides is 1. The van der Waals surface area contributed by atoms with E-state index in [2.05, 4.69) is 5.32 Å². The Morgan fingerprint density at radius 2 is 2.04 bits per heavy atom. The summed E-state index contributed by atoms with van der Waals surface area (Å²) >= 11 is 0. The van der Waals surface area contributed by atoms with E-state index in [0.717, 1.165) is 0 Å². The highest BCUT2D eigenvalue weighted by molar-refractivity contribution is 5.94. The number of nitro benzene ring substituents is 1. The van der Waals surface area contributed by atoms with Crippen LogP contribution < -0.4 is 10.1 Å². The Morgan fingerprint density at radius 3 is 2.70 bits per heavy atom. The smallest absolute Gasteiger partial charge is 0.273 e. The molecule has 6 nitrogen and oxygen atoms in total. The lowest BCUT2D eigenvalue weighted by molar-refractivity contribution is -0.384. The van der Waals surface area contributed by atoms with Crippen LogP contribution in [0.1, 0.15) is 12.5 Å². The SMILES string of the molecule is Cc1ccc(NC(=O)[C@@H](C)Oc2cccc([N+](=O)[O-])c2)cc1F. The average molecular weight is 318 g/mol. The number of halogens is 1. The lowest BCUT2D eigenvalue weighted by atomic mass is 10.2. The Labute approximate surface area is 132 Å². The van der Waals surface area contributed by atoms with Crippen molar-refractivity contribution in [1.82, 2.24) is 0 Å². The van der Waals surface area contributed by atoms with Gasteiger partial charge in [0, 0.05) is 11.8 Å². The van der Waals surface area contributed by atoms with E-state index in [0.29, 0.717) is 11.3 Å². The normalized spacial score (nSPS) is 11.6. The molecule has 0 bridgehead atoms. The Morgan fingerprint density at radius 1 is 1.30 bits per heavy atom. The van der Waals surface area contributed by atoms with Gasteiger partial charge in [-0.25, -0.2) is 4.39 Å². The largest absolute Gasteiger partial charge is 0.481 e. The van der Waals surface area contributed by atoms with Gasteiger partial charge in [0.15, 0.2) is 6.10 Å². The van der Waals surface area contributed by atoms with E-state index in [4.69, 9.17) is 4.74 Å². The Kier molecular flexibility index (Phi) is 4.90. The van der Waals surface area contributed by atoms with E-state index in [-0.39, 0.29) is 11.4 Å². The summed E-state index contributed by atoms with van der Waals surface area (Å²) in [5, 5.41) is 13.2. The summed E-state index contributed by atoms with van der Waals surface area (Å²) in [5.41, 5.74) is 0.659. The minimum absolute atomic E-state index is 0.129. The van der Waals surface area contributed by atoms with Crippen LogP contribution in [0.25, 0.3) is 0 Å². The number of nitrogens with one attached hydrogen (secondary N) is 1. The van der Waals surface area contributed by atoms with Crippen molar-refractivity contribution in [3.63, 3.8) is 0 Å². The van der Waals surface area contributed by atoms with Gasteiger partial charge >= 0.3 is 0 Å². The molecule has 0 heterocycles. The van der Waals surface area contributed by atoms with Crippen LogP contribution in [-0.4, -0.2) is 16.9 Å². The van der Waals surface area contributed by atoms with E-state index in [9.17, 15) is 19.3 Å². The van der Waals surface area contributed by atoms with Crippen LogP contribution in [0.4, 0.5) is 15.8 Å². The molecule has 0 saturated carbocycles. The van der Waals surface area contributed by atoms with Crippen molar-refractivity contribution in [3.8, 4) is 5.75 Å². The molecule has 1 amide bonds. The number of ether oxygens (including phenoxy) is 1. The molecule has 7 heteroatoms. The van der Waals surface area contributed by atoms with E-state index < -0.39 is 22.8 Å². The minimum atomic E-state index is -0.902. The van der Waals surface area contributed by atoms with Crippen molar-refractivity contribution >= 4 is 17.3 Å². The number of aryl methyl sites for hydroxylation is 1. The zero-order valence-corrected chi connectivity index (χ0v) is 12.6. The van der Waals surface area contributed by atoms with Gasteiger partial charge in [-0.2, -0.15) is 0 Å². The number of rotatable bonds is 5. The fourth-order valence-corrected chi connectivity index (χ4v) is 1.84. The second-order valence-corrected chi connectivity index (χ2v) is 4.97. The van der Waals surface area contributed by atoms with Gasteiger partial charge in [-0.1, -0.05) is 12.1 Å². The number of carbonyl (C=O) groups is 1. The first-order chi connectivity index (χ1) is 10.9. The number of nitro groups is 1. The van der Waals surface area contributed by atoms with E-state index in [1.165, 1.54) is 37.3 Å². The van der Waals surface area contributed by atoms with Gasteiger partial charge in [0.25, 0.3) is 11.6 Å². The number of non-ortho nitro benzene ring substituents is 1. The number of carbonyl (C=O) groups excluding carboxylic acids is 1. The van der Waals surface area contributed by atoms with E-state index in [1.807, 2.05) is 0 Å². The van der Waals surface area contributed by atoms with Crippen LogP contribution in [0.15, 0.2) is 42.5 Å². The Bertz CT molecular complexity index is 749. The highest BCUT2D eigenvalue weighted by Crippen LogP contribution is 2.20. The molecular weight excluding hydrogens is 303 g/mol. The number of hydrogen-bond acceptors (Lipinski definition) is 4. The maximum absolute atomic E-state index is 13.5. The first-order valence-corrected chi connectivity index (χ1v) is 6.85. The lowest BCUT2D eigenvalue weighted by Gasteiger charge is -2.15. The molecule has 0 aliphatic heterocycles. The van der Waals surface area contributed by atoms with Crippen LogP contribution in [0, 0.1) is 22.9 Å². The molecule has 0 aliphatic rings. The van der Waals surface area contributed by atoms with Crippen molar-refractivity contribution < 1.29 is 18.8 Å². The monoisotopic (exact) mass is 318 g/mol. The van der Waals surface area contributed by atoms with Crippen LogP contribution >= 0.6 is 0 Å². The number of benzene rings is 2. The molecule has 0 radical (unpaired) electrons. The summed E-state index contributed by atoms with van der Waals surface area (Å²) in [6.07, 6.45) is -0.902. The third-order valence-corrected chi connectivity index (χ3v) is 3.15. The molecule has 0 aliphatic carbocycles. The van der Waals surface area contributed by atoms with Gasteiger partial charge < -0.3 is 10.1 Å². The molecule has 2 aromatic carbocycles. The highest BCUT2D eigenvalue weighted by Gasteiger charge is 2.16. The van der Waals surface area contributed by atoms with Crippen LogP contribution in [0.3, 0.4) is 0 Å². The van der Waals surface area contributed by atoms with Crippen LogP contribution in [-0.2, 0) is 4.79 Å². The van der Waals surface area contributed by atoms with Crippen LogP contribution in [0.5, 0.6) is 5.75 Å². The summed E-state index contributed by atoms with van der Waals surface area (Å²) in [6.45, 7) is 3.12. The Balaban J connectivity index is 2.03. The van der Waals surface area contributed by atoms with Crippen molar-refractivity contribution in [2.45, 2.75) is 20.0 Å². The van der Waals surface area contributed by atoms with Gasteiger partial charge in [0.2, 0.25) is 0 Å². The molecule has 0 aromatic heterocycles. The standard InChI is InChI=1S/C16H15FN2O4/c1-10-6-7-12(8-15(10)17)18-16(20)11(2)23-14-5-3-4-13(9-14)19(21)22/h3-9,11H,1-2H3,(H,18,20)/t11-/m1/s1. The van der Waals surface area contributed by atoms with Gasteiger partial charge in [0.1, 0.15) is 11.6 Å². The van der Waals surface area contributed by atoms with Crippen molar-refractivity contribution in [2.24, 2.45) is 0 Å². The average Bonchev–Trinajstić information content (AvgIpc) is 2.51.